The van der Waals surface area contributed by atoms with E-state index in [1.807, 2.05) is 47.0 Å². The van der Waals surface area contributed by atoms with Crippen LogP contribution in [-0.2, 0) is 21.6 Å². The molecule has 0 saturated carbocycles. The van der Waals surface area contributed by atoms with Gasteiger partial charge in [0.2, 0.25) is 5.95 Å². The van der Waals surface area contributed by atoms with Crippen LogP contribution in [0.1, 0.15) is 108 Å². The minimum absolute atomic E-state index is 0.214. The zero-order chi connectivity index (χ0) is 35.5. The molecule has 1 aromatic carbocycles. The molecule has 272 valence electrons. The van der Waals surface area contributed by atoms with Gasteiger partial charge in [-0.2, -0.15) is 5.10 Å². The molecule has 2 aliphatic heterocycles. The van der Waals surface area contributed by atoms with Gasteiger partial charge in [0, 0.05) is 30.6 Å². The number of piperidine rings is 2. The van der Waals surface area contributed by atoms with Crippen LogP contribution in [0.25, 0.3) is 5.65 Å². The number of amides is 2. The summed E-state index contributed by atoms with van der Waals surface area (Å²) in [6, 6.07) is 13.4. The van der Waals surface area contributed by atoms with Gasteiger partial charge in [-0.25, -0.2) is 9.48 Å². The Hall–Kier alpha value is -4.65. The third kappa shape index (κ3) is 7.53. The largest absolute Gasteiger partial charge is 0.484 e. The van der Waals surface area contributed by atoms with Crippen molar-refractivity contribution in [2.24, 2.45) is 0 Å². The van der Waals surface area contributed by atoms with Gasteiger partial charge in [0.15, 0.2) is 11.5 Å². The summed E-state index contributed by atoms with van der Waals surface area (Å²) in [6.45, 7) is 13.2. The predicted octanol–water partition coefficient (Wildman–Crippen LogP) is 6.35. The van der Waals surface area contributed by atoms with Crippen molar-refractivity contribution in [1.82, 2.24) is 34.6 Å². The van der Waals surface area contributed by atoms with Crippen molar-refractivity contribution < 1.29 is 19.2 Å². The molecule has 5 heterocycles. The number of carbonyl (C=O) groups is 2. The summed E-state index contributed by atoms with van der Waals surface area (Å²) in [7, 11) is 0. The van der Waals surface area contributed by atoms with Crippen LogP contribution in [-0.4, -0.2) is 74.0 Å². The number of likely N-dealkylation sites (tertiary alicyclic amines) is 1. The number of hydroxylamine groups is 1. The van der Waals surface area contributed by atoms with Crippen molar-refractivity contribution in [2.75, 3.05) is 36.1 Å². The first kappa shape index (κ1) is 34.8. The number of aromatic nitrogens is 5. The van der Waals surface area contributed by atoms with Crippen molar-refractivity contribution in [1.29, 1.82) is 0 Å². The highest BCUT2D eigenvalue weighted by atomic mass is 16.7. The lowest BCUT2D eigenvalue weighted by molar-refractivity contribution is -0.129. The molecule has 0 unspecified atom stereocenters. The van der Waals surface area contributed by atoms with Gasteiger partial charge in [-0.3, -0.25) is 9.20 Å². The Kier molecular flexibility index (Phi) is 10.2. The number of hydrogen-bond acceptors (Lipinski definition) is 9. The van der Waals surface area contributed by atoms with E-state index >= 15 is 0 Å². The first-order valence-electron chi connectivity index (χ1n) is 18.6. The Labute approximate surface area is 299 Å². The van der Waals surface area contributed by atoms with E-state index in [9.17, 15) is 9.59 Å². The molecular weight excluding hydrogens is 646 g/mol. The number of anilines is 2. The summed E-state index contributed by atoms with van der Waals surface area (Å²) in [4.78, 5) is 36.0. The minimum Gasteiger partial charge on any atom is -0.484 e. The predicted molar refractivity (Wildman–Crippen MR) is 195 cm³/mol. The van der Waals surface area contributed by atoms with Gasteiger partial charge < -0.3 is 24.7 Å². The molecule has 0 radical (unpaired) electrons. The van der Waals surface area contributed by atoms with Gasteiger partial charge in [-0.05, 0) is 88.2 Å². The average Bonchev–Trinajstić information content (AvgIpc) is 3.76. The van der Waals surface area contributed by atoms with Gasteiger partial charge in [0.25, 0.3) is 0 Å². The van der Waals surface area contributed by atoms with E-state index in [2.05, 4.69) is 59.1 Å². The minimum atomic E-state index is -0.529. The van der Waals surface area contributed by atoms with Gasteiger partial charge >= 0.3 is 12.5 Å². The fourth-order valence-electron chi connectivity index (χ4n) is 7.68. The van der Waals surface area contributed by atoms with E-state index in [0.29, 0.717) is 37.7 Å². The number of rotatable bonds is 10. The molecule has 2 amide bonds. The molecule has 13 nitrogen and oxygen atoms in total. The van der Waals surface area contributed by atoms with Crippen molar-refractivity contribution in [3.63, 3.8) is 0 Å². The van der Waals surface area contributed by atoms with E-state index in [-0.39, 0.29) is 17.6 Å². The van der Waals surface area contributed by atoms with Crippen LogP contribution in [0.2, 0.25) is 0 Å². The molecule has 7 rings (SSSR count). The number of fused-ring (bicyclic) bond motifs is 2. The maximum absolute atomic E-state index is 14.0. The molecule has 51 heavy (non-hydrogen) atoms. The van der Waals surface area contributed by atoms with E-state index in [1.54, 1.807) is 4.68 Å². The monoisotopic (exact) mass is 697 g/mol. The number of hydrogen-bond donors (Lipinski definition) is 1. The Morgan fingerprint density at radius 2 is 1.75 bits per heavy atom. The molecule has 2 saturated heterocycles. The molecule has 1 N–H and O–H groups in total. The summed E-state index contributed by atoms with van der Waals surface area (Å²) < 4.78 is 10.5. The molecule has 0 bridgehead atoms. The number of pyridine rings is 1. The number of benzene rings is 1. The standard InChI is InChI=1S/C38H51N9O4/c1-27-12-8-11-21-44(27)36-41-40-34-18-15-28(25-45(34)36)51-32-17-16-31(29-13-6-7-14-30(29)32)39-37(49)47(50-26-48)35-24-33(38(2,3)4)42-46(35)23-22-43-19-9-5-10-20-43/h6-7,13-15,18,24-27,31-32H,5,8-12,16-17,19-23H2,1-4H3,(H,39,49)/t27-,31-,32+/m0/s1. The Morgan fingerprint density at radius 1 is 0.961 bits per heavy atom. The molecule has 3 aromatic heterocycles. The number of nitrogens with one attached hydrogen (secondary N) is 1. The normalized spacial score (nSPS) is 21.3. The highest BCUT2D eigenvalue weighted by molar-refractivity contribution is 5.90. The topological polar surface area (TPSA) is 122 Å². The van der Waals surface area contributed by atoms with Crippen LogP contribution in [0.15, 0.2) is 48.7 Å². The number of ether oxygens (including phenoxy) is 1. The van der Waals surface area contributed by atoms with Crippen LogP contribution in [0, 0.1) is 0 Å². The van der Waals surface area contributed by atoms with Crippen molar-refractivity contribution in [3.8, 4) is 5.75 Å². The van der Waals surface area contributed by atoms with E-state index in [0.717, 1.165) is 78.2 Å². The lowest BCUT2D eigenvalue weighted by atomic mass is 9.85. The van der Waals surface area contributed by atoms with E-state index in [4.69, 9.17) is 14.7 Å². The number of carbonyl (C=O) groups excluding carboxylic acids is 2. The van der Waals surface area contributed by atoms with Crippen LogP contribution in [0.3, 0.4) is 0 Å². The maximum Gasteiger partial charge on any atom is 0.357 e. The van der Waals surface area contributed by atoms with Gasteiger partial charge in [0.05, 0.1) is 24.5 Å². The molecule has 13 heteroatoms. The van der Waals surface area contributed by atoms with Gasteiger partial charge in [-0.15, -0.1) is 15.3 Å². The second-order valence-corrected chi connectivity index (χ2v) is 15.2. The van der Waals surface area contributed by atoms with Crippen LogP contribution >= 0.6 is 0 Å². The summed E-state index contributed by atoms with van der Waals surface area (Å²) in [5.74, 6) is 2.00. The molecule has 4 aromatic rings. The zero-order valence-electron chi connectivity index (χ0n) is 30.3. The average molecular weight is 698 g/mol. The van der Waals surface area contributed by atoms with E-state index in [1.165, 1.54) is 25.7 Å². The smallest absolute Gasteiger partial charge is 0.357 e. The molecule has 2 fully saturated rings. The van der Waals surface area contributed by atoms with Crippen LogP contribution < -0.4 is 20.0 Å². The number of urea groups is 1. The first-order chi connectivity index (χ1) is 24.7. The number of nitrogens with zero attached hydrogens (tertiary/aromatic N) is 8. The van der Waals surface area contributed by atoms with E-state index < -0.39 is 6.03 Å². The third-order valence-corrected chi connectivity index (χ3v) is 10.6. The second-order valence-electron chi connectivity index (χ2n) is 15.2. The van der Waals surface area contributed by atoms with Crippen LogP contribution in [0.4, 0.5) is 16.6 Å². The summed E-state index contributed by atoms with van der Waals surface area (Å²) in [5.41, 5.74) is 3.31. The lowest BCUT2D eigenvalue weighted by Gasteiger charge is -2.34. The quantitative estimate of drug-likeness (QED) is 0.149. The Morgan fingerprint density at radius 3 is 2.51 bits per heavy atom. The molecule has 0 spiro atoms. The SMILES string of the molecule is C[C@H]1CCCCN1c1nnc2ccc(O[C@@H]3CC[C@H](NC(=O)N(OC=O)c4cc(C(C)(C)C)nn4CCN4CCCCC4)c4ccccc43)cn12. The molecule has 3 atom stereocenters. The highest BCUT2D eigenvalue weighted by Crippen LogP contribution is 2.39. The second kappa shape index (κ2) is 14.9. The van der Waals surface area contributed by atoms with Crippen molar-refractivity contribution >= 4 is 29.9 Å². The Balaban J connectivity index is 1.09. The third-order valence-electron chi connectivity index (χ3n) is 10.6. The zero-order valence-corrected chi connectivity index (χ0v) is 30.3. The Bertz CT molecular complexity index is 1830. The highest BCUT2D eigenvalue weighted by Gasteiger charge is 2.33. The fraction of sp³-hybridized carbons (Fsp3) is 0.553. The fourth-order valence-corrected chi connectivity index (χ4v) is 7.68. The molecule has 1 aliphatic carbocycles. The maximum atomic E-state index is 14.0. The molecule has 3 aliphatic rings. The summed E-state index contributed by atoms with van der Waals surface area (Å²) in [5, 5.41) is 18.0. The van der Waals surface area contributed by atoms with Crippen LogP contribution in [0.5, 0.6) is 5.75 Å². The lowest BCUT2D eigenvalue weighted by Crippen LogP contribution is -2.44. The first-order valence-corrected chi connectivity index (χ1v) is 18.6. The summed E-state index contributed by atoms with van der Waals surface area (Å²) in [6.07, 6.45) is 10.2. The molecular formula is C38H51N9O4. The summed E-state index contributed by atoms with van der Waals surface area (Å²) >= 11 is 0. The van der Waals surface area contributed by atoms with Crippen molar-refractivity contribution in [2.45, 2.75) is 109 Å². The van der Waals surface area contributed by atoms with Gasteiger partial charge in [-0.1, -0.05) is 51.5 Å². The van der Waals surface area contributed by atoms with Gasteiger partial charge in [0.1, 0.15) is 11.9 Å². The van der Waals surface area contributed by atoms with Crippen molar-refractivity contribution in [3.05, 3.63) is 65.5 Å².